The van der Waals surface area contributed by atoms with Gasteiger partial charge in [-0.15, -0.1) is 0 Å². The van der Waals surface area contributed by atoms with Crippen molar-refractivity contribution >= 4 is 23.1 Å². The van der Waals surface area contributed by atoms with Gasteiger partial charge in [0.25, 0.3) is 6.43 Å². The lowest BCUT2D eigenvalue weighted by Crippen LogP contribution is -2.44. The van der Waals surface area contributed by atoms with E-state index in [1.807, 2.05) is 42.0 Å². The van der Waals surface area contributed by atoms with Crippen molar-refractivity contribution in [2.45, 2.75) is 13.3 Å². The highest BCUT2D eigenvalue weighted by Crippen LogP contribution is 2.30. The molecule has 0 aliphatic carbocycles. The Kier molecular flexibility index (Phi) is 9.16. The van der Waals surface area contributed by atoms with Gasteiger partial charge < -0.3 is 15.1 Å². The number of nitrogens with one attached hydrogen (secondary N) is 1. The van der Waals surface area contributed by atoms with Crippen LogP contribution in [0, 0.1) is 6.92 Å². The smallest absolute Gasteiger partial charge is 0.250 e. The van der Waals surface area contributed by atoms with E-state index in [1.165, 1.54) is 7.05 Å². The monoisotopic (exact) mass is 531 g/mol. The van der Waals surface area contributed by atoms with E-state index in [9.17, 15) is 8.78 Å². The summed E-state index contributed by atoms with van der Waals surface area (Å²) in [4.78, 5) is 18.5. The highest BCUT2D eigenvalue weighted by molar-refractivity contribution is 5.82. The van der Waals surface area contributed by atoms with Crippen molar-refractivity contribution in [2.24, 2.45) is 0 Å². The highest BCUT2D eigenvalue weighted by Gasteiger charge is 2.16. The Morgan fingerprint density at radius 2 is 1.82 bits per heavy atom. The van der Waals surface area contributed by atoms with Gasteiger partial charge in [-0.3, -0.25) is 9.38 Å². The van der Waals surface area contributed by atoms with Crippen LogP contribution in [0.2, 0.25) is 0 Å². The van der Waals surface area contributed by atoms with Crippen molar-refractivity contribution in [3.63, 3.8) is 0 Å². The van der Waals surface area contributed by atoms with Gasteiger partial charge >= 0.3 is 0 Å². The number of likely N-dealkylation sites (N-methyl/N-ethyl adjacent to an activating group) is 1. The standard InChI is InChI=1S/C27H28N6.C3H7F2N/c1-5-24-17-30-26-7-6-22(18-33(24)26)19(2)25-14-23(16-29-20(25)3)21-8-9-28-27(15-21)32-12-10-31(4)11-13-32;1-6-2-3(4)5/h5-9,14-18H,1-2,10-13H2,3-4H3;3,6H,2H2,1H3. The molecular weight excluding hydrogens is 496 g/mol. The van der Waals surface area contributed by atoms with Gasteiger partial charge in [-0.1, -0.05) is 13.2 Å². The minimum atomic E-state index is -2.21. The summed E-state index contributed by atoms with van der Waals surface area (Å²) in [7, 11) is 3.66. The molecule has 1 aliphatic rings. The molecular formula is C30H35F2N7. The van der Waals surface area contributed by atoms with Crippen molar-refractivity contribution in [1.82, 2.24) is 29.6 Å². The number of alkyl halides is 2. The molecule has 0 atom stereocenters. The third kappa shape index (κ3) is 6.74. The summed E-state index contributed by atoms with van der Waals surface area (Å²) < 4.78 is 24.0. The van der Waals surface area contributed by atoms with Crippen LogP contribution in [0.4, 0.5) is 14.6 Å². The summed E-state index contributed by atoms with van der Waals surface area (Å²) in [5.41, 5.74) is 7.95. The van der Waals surface area contributed by atoms with Gasteiger partial charge in [0.05, 0.1) is 18.4 Å². The van der Waals surface area contributed by atoms with Crippen LogP contribution in [0.5, 0.6) is 0 Å². The number of hydrogen-bond donors (Lipinski definition) is 1. The van der Waals surface area contributed by atoms with Gasteiger partial charge in [0.1, 0.15) is 11.5 Å². The molecule has 4 aromatic rings. The maximum atomic E-state index is 11.0. The molecule has 204 valence electrons. The van der Waals surface area contributed by atoms with Gasteiger partial charge in [-0.05, 0) is 74.1 Å². The van der Waals surface area contributed by atoms with Gasteiger partial charge in [-0.25, -0.2) is 18.7 Å². The molecule has 0 radical (unpaired) electrons. The largest absolute Gasteiger partial charge is 0.354 e. The van der Waals surface area contributed by atoms with E-state index in [2.05, 4.69) is 69.7 Å². The summed E-state index contributed by atoms with van der Waals surface area (Å²) in [5.74, 6) is 1.02. The molecule has 7 nitrogen and oxygen atoms in total. The molecule has 1 fully saturated rings. The number of anilines is 1. The lowest BCUT2D eigenvalue weighted by molar-refractivity contribution is 0.149. The van der Waals surface area contributed by atoms with E-state index in [1.54, 1.807) is 6.08 Å². The first-order valence-corrected chi connectivity index (χ1v) is 12.9. The molecule has 0 unspecified atom stereocenters. The maximum absolute atomic E-state index is 11.0. The molecule has 0 spiro atoms. The number of imidazole rings is 1. The quantitative estimate of drug-likeness (QED) is 0.361. The molecule has 9 heteroatoms. The van der Waals surface area contributed by atoms with E-state index >= 15 is 0 Å². The minimum Gasteiger partial charge on any atom is -0.354 e. The van der Waals surface area contributed by atoms with Crippen LogP contribution in [0.15, 0.2) is 68.3 Å². The Hall–Kier alpha value is -3.95. The minimum absolute atomic E-state index is 0.208. The summed E-state index contributed by atoms with van der Waals surface area (Å²) in [6.45, 7) is 14.2. The van der Waals surface area contributed by atoms with E-state index in [0.717, 1.165) is 76.9 Å². The fraction of sp³-hybridized carbons (Fsp3) is 0.300. The third-order valence-electron chi connectivity index (χ3n) is 6.77. The van der Waals surface area contributed by atoms with Crippen LogP contribution in [-0.2, 0) is 0 Å². The molecule has 0 saturated carbocycles. The second-order valence-corrected chi connectivity index (χ2v) is 9.51. The van der Waals surface area contributed by atoms with E-state index in [4.69, 9.17) is 4.98 Å². The number of rotatable bonds is 7. The van der Waals surface area contributed by atoms with Gasteiger partial charge in [0, 0.05) is 61.6 Å². The lowest BCUT2D eigenvalue weighted by atomic mass is 9.96. The van der Waals surface area contributed by atoms with Crippen molar-refractivity contribution < 1.29 is 8.78 Å². The molecule has 5 rings (SSSR count). The van der Waals surface area contributed by atoms with Gasteiger partial charge in [0.15, 0.2) is 0 Å². The number of nitrogens with zero attached hydrogens (tertiary/aromatic N) is 6. The van der Waals surface area contributed by atoms with Crippen LogP contribution in [0.1, 0.15) is 22.5 Å². The predicted molar refractivity (Wildman–Crippen MR) is 155 cm³/mol. The summed E-state index contributed by atoms with van der Waals surface area (Å²) in [6, 6.07) is 10.5. The molecule has 0 amide bonds. The average Bonchev–Trinajstić information content (AvgIpc) is 3.36. The second-order valence-electron chi connectivity index (χ2n) is 9.51. The number of pyridine rings is 3. The number of halogens is 2. The first-order valence-electron chi connectivity index (χ1n) is 12.9. The van der Waals surface area contributed by atoms with E-state index in [0.29, 0.717) is 0 Å². The zero-order chi connectivity index (χ0) is 27.9. The zero-order valence-corrected chi connectivity index (χ0v) is 22.7. The zero-order valence-electron chi connectivity index (χ0n) is 22.7. The Morgan fingerprint density at radius 3 is 2.49 bits per heavy atom. The van der Waals surface area contributed by atoms with Crippen LogP contribution >= 0.6 is 0 Å². The SMILES string of the molecule is C=Cc1cnc2ccc(C(=C)c3cc(-c4ccnc(N5CCN(C)CC5)c4)cnc3C)cn12.CNCC(F)F. The molecule has 1 aliphatic heterocycles. The van der Waals surface area contributed by atoms with Crippen molar-refractivity contribution in [3.05, 3.63) is 90.8 Å². The lowest BCUT2D eigenvalue weighted by Gasteiger charge is -2.33. The van der Waals surface area contributed by atoms with E-state index in [-0.39, 0.29) is 6.54 Å². The second kappa shape index (κ2) is 12.7. The molecule has 0 bridgehead atoms. The highest BCUT2D eigenvalue weighted by atomic mass is 19.3. The number of fused-ring (bicyclic) bond motifs is 1. The first kappa shape index (κ1) is 28.1. The van der Waals surface area contributed by atoms with Crippen LogP contribution < -0.4 is 10.2 Å². The van der Waals surface area contributed by atoms with Crippen molar-refractivity contribution in [3.8, 4) is 11.1 Å². The maximum Gasteiger partial charge on any atom is 0.250 e. The Labute approximate surface area is 228 Å². The topological polar surface area (TPSA) is 61.6 Å². The predicted octanol–water partition coefficient (Wildman–Crippen LogP) is 5.03. The average molecular weight is 532 g/mol. The molecule has 39 heavy (non-hydrogen) atoms. The third-order valence-corrected chi connectivity index (χ3v) is 6.77. The fourth-order valence-corrected chi connectivity index (χ4v) is 4.44. The number of aryl methyl sites for hydroxylation is 1. The first-order chi connectivity index (χ1) is 18.8. The van der Waals surface area contributed by atoms with Crippen LogP contribution in [0.3, 0.4) is 0 Å². The number of aromatic nitrogens is 4. The molecule has 0 aromatic carbocycles. The van der Waals surface area contributed by atoms with Gasteiger partial charge in [-0.2, -0.15) is 0 Å². The Bertz CT molecular complexity index is 1440. The number of piperazine rings is 1. The van der Waals surface area contributed by atoms with Gasteiger partial charge in [0.2, 0.25) is 0 Å². The van der Waals surface area contributed by atoms with Crippen LogP contribution in [-0.4, -0.2) is 77.5 Å². The number of hydrogen-bond acceptors (Lipinski definition) is 6. The Morgan fingerprint density at radius 1 is 1.05 bits per heavy atom. The van der Waals surface area contributed by atoms with E-state index < -0.39 is 6.43 Å². The van der Waals surface area contributed by atoms with Crippen LogP contribution in [0.25, 0.3) is 28.4 Å². The fourth-order valence-electron chi connectivity index (χ4n) is 4.44. The molecule has 1 N–H and O–H groups in total. The molecule has 1 saturated heterocycles. The van der Waals surface area contributed by atoms with Crippen molar-refractivity contribution in [2.75, 3.05) is 51.7 Å². The molecule has 4 aromatic heterocycles. The summed E-state index contributed by atoms with van der Waals surface area (Å²) in [6.07, 6.45) is 7.30. The van der Waals surface area contributed by atoms with Crippen molar-refractivity contribution in [1.29, 1.82) is 0 Å². The summed E-state index contributed by atoms with van der Waals surface area (Å²) >= 11 is 0. The normalized spacial score (nSPS) is 13.8. The Balaban J connectivity index is 0.000000531. The molecule has 5 heterocycles. The summed E-state index contributed by atoms with van der Waals surface area (Å²) in [5, 5.41) is 2.32.